The van der Waals surface area contributed by atoms with E-state index < -0.39 is 43.1 Å². The SMILES string of the molecule is CCCC(=O)O[C@H]1[C@H](OC(=O)CCC)[C@@H](CO)O[C@H]1n1cnc2c(OC)ncnc21. The molecule has 3 rings (SSSR count). The van der Waals surface area contributed by atoms with Crippen molar-refractivity contribution in [1.82, 2.24) is 19.5 Å². The van der Waals surface area contributed by atoms with Gasteiger partial charge in [0.15, 0.2) is 29.6 Å². The Hall–Kier alpha value is -2.79. The van der Waals surface area contributed by atoms with Crippen LogP contribution in [0.3, 0.4) is 0 Å². The summed E-state index contributed by atoms with van der Waals surface area (Å²) in [5.41, 5.74) is 0.787. The molecular weight excluding hydrogens is 396 g/mol. The normalized spacial score (nSPS) is 23.5. The fourth-order valence-corrected chi connectivity index (χ4v) is 3.34. The topological polar surface area (TPSA) is 135 Å². The van der Waals surface area contributed by atoms with Crippen molar-refractivity contribution in [2.24, 2.45) is 0 Å². The van der Waals surface area contributed by atoms with Gasteiger partial charge < -0.3 is 24.1 Å². The van der Waals surface area contributed by atoms with Crippen LogP contribution in [0.5, 0.6) is 5.88 Å². The van der Waals surface area contributed by atoms with E-state index in [-0.39, 0.29) is 18.7 Å². The van der Waals surface area contributed by atoms with E-state index in [1.165, 1.54) is 19.8 Å². The third kappa shape index (κ3) is 4.36. The van der Waals surface area contributed by atoms with Crippen molar-refractivity contribution in [2.45, 2.75) is 64.1 Å². The number of aliphatic hydroxyl groups is 1. The maximum absolute atomic E-state index is 12.3. The second-order valence-electron chi connectivity index (χ2n) is 6.86. The molecule has 0 radical (unpaired) electrons. The van der Waals surface area contributed by atoms with Crippen LogP contribution in [0.4, 0.5) is 0 Å². The number of fused-ring (bicyclic) bond motifs is 1. The number of aliphatic hydroxyl groups excluding tert-OH is 1. The Kier molecular flexibility index (Phi) is 7.16. The molecule has 0 bridgehead atoms. The van der Waals surface area contributed by atoms with Crippen molar-refractivity contribution >= 4 is 23.1 Å². The lowest BCUT2D eigenvalue weighted by atomic mass is 10.1. The zero-order valence-electron chi connectivity index (χ0n) is 17.2. The number of hydrogen-bond acceptors (Lipinski definition) is 10. The summed E-state index contributed by atoms with van der Waals surface area (Å²) in [5, 5.41) is 9.82. The Morgan fingerprint density at radius 1 is 1.10 bits per heavy atom. The van der Waals surface area contributed by atoms with Gasteiger partial charge in [0.25, 0.3) is 0 Å². The lowest BCUT2D eigenvalue weighted by molar-refractivity contribution is -0.168. The molecule has 0 amide bonds. The van der Waals surface area contributed by atoms with Gasteiger partial charge >= 0.3 is 11.9 Å². The van der Waals surface area contributed by atoms with E-state index in [1.54, 1.807) is 4.57 Å². The number of imidazole rings is 1. The molecule has 164 valence electrons. The molecule has 11 heteroatoms. The first-order valence-corrected chi connectivity index (χ1v) is 9.90. The van der Waals surface area contributed by atoms with Gasteiger partial charge in [-0.15, -0.1) is 0 Å². The van der Waals surface area contributed by atoms with Crippen LogP contribution in [0.1, 0.15) is 45.8 Å². The summed E-state index contributed by atoms with van der Waals surface area (Å²) >= 11 is 0. The van der Waals surface area contributed by atoms with Crippen molar-refractivity contribution in [3.05, 3.63) is 12.7 Å². The van der Waals surface area contributed by atoms with Gasteiger partial charge in [-0.3, -0.25) is 14.2 Å². The molecule has 0 aliphatic carbocycles. The number of aromatic nitrogens is 4. The molecule has 1 aliphatic heterocycles. The first-order chi connectivity index (χ1) is 14.5. The maximum atomic E-state index is 12.3. The van der Waals surface area contributed by atoms with Gasteiger partial charge in [0.05, 0.1) is 20.0 Å². The molecule has 1 saturated heterocycles. The summed E-state index contributed by atoms with van der Waals surface area (Å²) < 4.78 is 23.9. The van der Waals surface area contributed by atoms with Crippen LogP contribution in [-0.2, 0) is 23.8 Å². The highest BCUT2D eigenvalue weighted by Crippen LogP contribution is 2.36. The molecule has 4 atom stereocenters. The molecule has 0 aromatic carbocycles. The number of rotatable bonds is 9. The summed E-state index contributed by atoms with van der Waals surface area (Å²) in [6.45, 7) is 3.28. The number of methoxy groups -OCH3 is 1. The van der Waals surface area contributed by atoms with Crippen LogP contribution in [0.2, 0.25) is 0 Å². The zero-order valence-corrected chi connectivity index (χ0v) is 17.2. The average molecular weight is 422 g/mol. The van der Waals surface area contributed by atoms with Gasteiger partial charge in [-0.25, -0.2) is 9.97 Å². The summed E-state index contributed by atoms with van der Waals surface area (Å²) in [7, 11) is 1.47. The van der Waals surface area contributed by atoms with E-state index in [2.05, 4.69) is 15.0 Å². The second-order valence-corrected chi connectivity index (χ2v) is 6.86. The molecule has 1 fully saturated rings. The van der Waals surface area contributed by atoms with Gasteiger partial charge in [-0.2, -0.15) is 4.98 Å². The molecular formula is C19H26N4O7. The minimum Gasteiger partial charge on any atom is -0.479 e. The molecule has 1 N–H and O–H groups in total. The highest BCUT2D eigenvalue weighted by atomic mass is 16.6. The van der Waals surface area contributed by atoms with Gasteiger partial charge in [0.1, 0.15) is 12.4 Å². The summed E-state index contributed by atoms with van der Waals surface area (Å²) in [6.07, 6.45) is 0.621. The highest BCUT2D eigenvalue weighted by Gasteiger charge is 2.50. The Balaban J connectivity index is 1.98. The van der Waals surface area contributed by atoms with Crippen molar-refractivity contribution in [2.75, 3.05) is 13.7 Å². The van der Waals surface area contributed by atoms with E-state index in [0.29, 0.717) is 24.0 Å². The van der Waals surface area contributed by atoms with Crippen LogP contribution in [0.15, 0.2) is 12.7 Å². The predicted octanol–water partition coefficient (Wildman–Crippen LogP) is 1.15. The van der Waals surface area contributed by atoms with E-state index in [0.717, 1.165) is 0 Å². The zero-order chi connectivity index (χ0) is 21.7. The van der Waals surface area contributed by atoms with E-state index in [9.17, 15) is 14.7 Å². The van der Waals surface area contributed by atoms with Crippen LogP contribution in [0, 0.1) is 0 Å². The molecule has 2 aromatic heterocycles. The summed E-state index contributed by atoms with van der Waals surface area (Å²) in [5.74, 6) is -0.634. The number of nitrogens with zero attached hydrogens (tertiary/aromatic N) is 4. The second kappa shape index (κ2) is 9.81. The monoisotopic (exact) mass is 422 g/mol. The van der Waals surface area contributed by atoms with Crippen molar-refractivity contribution in [3.63, 3.8) is 0 Å². The Morgan fingerprint density at radius 3 is 2.37 bits per heavy atom. The van der Waals surface area contributed by atoms with Crippen molar-refractivity contribution in [1.29, 1.82) is 0 Å². The number of ether oxygens (including phenoxy) is 4. The van der Waals surface area contributed by atoms with E-state index in [1.807, 2.05) is 13.8 Å². The minimum absolute atomic E-state index is 0.198. The average Bonchev–Trinajstić information content (AvgIpc) is 3.30. The highest BCUT2D eigenvalue weighted by molar-refractivity contribution is 5.76. The fraction of sp³-hybridized carbons (Fsp3) is 0.632. The molecule has 1 aliphatic rings. The van der Waals surface area contributed by atoms with Crippen molar-refractivity contribution in [3.8, 4) is 5.88 Å². The minimum atomic E-state index is -0.986. The third-order valence-electron chi connectivity index (χ3n) is 4.70. The first-order valence-electron chi connectivity index (χ1n) is 9.90. The number of esters is 2. The van der Waals surface area contributed by atoms with Gasteiger partial charge in [-0.1, -0.05) is 13.8 Å². The van der Waals surface area contributed by atoms with Crippen molar-refractivity contribution < 1.29 is 33.6 Å². The first kappa shape index (κ1) is 21.9. The Morgan fingerprint density at radius 2 is 1.77 bits per heavy atom. The third-order valence-corrected chi connectivity index (χ3v) is 4.70. The Bertz CT molecular complexity index is 887. The molecule has 2 aromatic rings. The van der Waals surface area contributed by atoms with Crippen LogP contribution in [-0.4, -0.2) is 68.6 Å². The predicted molar refractivity (Wildman–Crippen MR) is 102 cm³/mol. The van der Waals surface area contributed by atoms with Gasteiger partial charge in [-0.05, 0) is 12.8 Å². The van der Waals surface area contributed by atoms with Crippen LogP contribution in [0.25, 0.3) is 11.2 Å². The quantitative estimate of drug-likeness (QED) is 0.586. The standard InChI is InChI=1S/C19H26N4O7/c1-4-6-12(25)29-15-11(8-24)28-19(16(15)30-13(26)7-5-2)23-10-22-14-17(23)20-9-21-18(14)27-3/h9-11,15-16,19,24H,4-8H2,1-3H3/t11-,15-,16+,19-/m1/s1. The van der Waals surface area contributed by atoms with Crippen LogP contribution < -0.4 is 4.74 Å². The Labute approximate surface area is 173 Å². The number of carbonyl (C=O) groups is 2. The molecule has 11 nitrogen and oxygen atoms in total. The van der Waals surface area contributed by atoms with Gasteiger partial charge in [0.2, 0.25) is 5.88 Å². The van der Waals surface area contributed by atoms with E-state index >= 15 is 0 Å². The summed E-state index contributed by atoms with van der Waals surface area (Å²) in [4.78, 5) is 36.9. The van der Waals surface area contributed by atoms with Gasteiger partial charge in [0, 0.05) is 12.8 Å². The van der Waals surface area contributed by atoms with E-state index in [4.69, 9.17) is 18.9 Å². The van der Waals surface area contributed by atoms with Crippen LogP contribution >= 0.6 is 0 Å². The molecule has 3 heterocycles. The largest absolute Gasteiger partial charge is 0.479 e. The maximum Gasteiger partial charge on any atom is 0.306 e. The number of hydrogen-bond donors (Lipinski definition) is 1. The molecule has 0 saturated carbocycles. The lowest BCUT2D eigenvalue weighted by Gasteiger charge is -2.24. The molecule has 30 heavy (non-hydrogen) atoms. The smallest absolute Gasteiger partial charge is 0.306 e. The molecule has 0 unspecified atom stereocenters. The lowest BCUT2D eigenvalue weighted by Crippen LogP contribution is -2.40. The number of carbonyl (C=O) groups excluding carboxylic acids is 2. The fourth-order valence-electron chi connectivity index (χ4n) is 3.34. The molecule has 0 spiro atoms. The summed E-state index contributed by atoms with van der Waals surface area (Å²) in [6, 6.07) is 0.